The summed E-state index contributed by atoms with van der Waals surface area (Å²) in [7, 11) is 0. The fourth-order valence-electron chi connectivity index (χ4n) is 2.52. The number of hydrogen-bond acceptors (Lipinski definition) is 6. The van der Waals surface area contributed by atoms with Crippen molar-refractivity contribution in [2.75, 3.05) is 13.2 Å². The molecule has 0 aliphatic heterocycles. The van der Waals surface area contributed by atoms with Crippen molar-refractivity contribution in [1.29, 1.82) is 0 Å². The predicted octanol–water partition coefficient (Wildman–Crippen LogP) is 6.21. The molecule has 0 unspecified atom stereocenters. The molecule has 0 fully saturated rings. The molecule has 152 valence electrons. The monoisotopic (exact) mass is 440 g/mol. The van der Waals surface area contributed by atoms with Gasteiger partial charge in [0, 0.05) is 33.7 Å². The molecule has 0 saturated carbocycles. The van der Waals surface area contributed by atoms with E-state index in [4.69, 9.17) is 37.0 Å². The highest BCUT2D eigenvalue weighted by Gasteiger charge is 2.25. The Morgan fingerprint density at radius 2 is 1.82 bits per heavy atom. The van der Waals surface area contributed by atoms with E-state index in [0.717, 1.165) is 28.0 Å². The van der Waals surface area contributed by atoms with Gasteiger partial charge in [-0.05, 0) is 52.7 Å². The summed E-state index contributed by atoms with van der Waals surface area (Å²) in [6, 6.07) is 5.71. The van der Waals surface area contributed by atoms with Gasteiger partial charge in [-0.2, -0.15) is 4.98 Å². The van der Waals surface area contributed by atoms with Crippen LogP contribution < -0.4 is 4.52 Å². The van der Waals surface area contributed by atoms with E-state index in [1.165, 1.54) is 0 Å². The topological polar surface area (TPSA) is 53.5 Å². The Morgan fingerprint density at radius 3 is 2.36 bits per heavy atom. The third-order valence-corrected chi connectivity index (χ3v) is 6.67. The molecular formula is C20H26ClN2O3PS. The lowest BCUT2D eigenvalue weighted by Gasteiger charge is -2.23. The Hall–Kier alpha value is -1.30. The van der Waals surface area contributed by atoms with Gasteiger partial charge in [0.15, 0.2) is 5.82 Å². The molecule has 0 spiro atoms. The molecule has 1 heterocycles. The second-order valence-corrected chi connectivity index (χ2v) is 9.73. The van der Waals surface area contributed by atoms with Crippen LogP contribution in [-0.2, 0) is 27.3 Å². The van der Waals surface area contributed by atoms with Crippen LogP contribution in [0.4, 0.5) is 0 Å². The third-order valence-electron chi connectivity index (χ3n) is 3.86. The third kappa shape index (κ3) is 5.85. The number of halogens is 1. The average molecular weight is 441 g/mol. The van der Waals surface area contributed by atoms with Crippen LogP contribution in [0.1, 0.15) is 37.6 Å². The van der Waals surface area contributed by atoms with Crippen LogP contribution in [0.3, 0.4) is 0 Å². The van der Waals surface area contributed by atoms with Gasteiger partial charge < -0.3 is 4.52 Å². The number of aryl methyl sites for hydroxylation is 2. The second kappa shape index (κ2) is 9.95. The van der Waals surface area contributed by atoms with Crippen molar-refractivity contribution in [3.05, 3.63) is 52.2 Å². The molecular weight excluding hydrogens is 415 g/mol. The largest absolute Gasteiger partial charge is 0.405 e. The number of rotatable bonds is 9. The van der Waals surface area contributed by atoms with E-state index in [1.807, 2.05) is 52.8 Å². The van der Waals surface area contributed by atoms with E-state index >= 15 is 0 Å². The van der Waals surface area contributed by atoms with Gasteiger partial charge in [-0.25, -0.2) is 4.98 Å². The zero-order valence-electron chi connectivity index (χ0n) is 16.9. The van der Waals surface area contributed by atoms with E-state index < -0.39 is 6.72 Å². The summed E-state index contributed by atoms with van der Waals surface area (Å²) in [5.41, 5.74) is 4.35. The van der Waals surface area contributed by atoms with Crippen molar-refractivity contribution in [3.8, 4) is 17.3 Å². The minimum Gasteiger partial charge on any atom is -0.405 e. The van der Waals surface area contributed by atoms with Gasteiger partial charge in [0.1, 0.15) is 0 Å². The molecule has 2 aromatic rings. The lowest BCUT2D eigenvalue weighted by molar-refractivity contribution is 0.215. The molecule has 8 heteroatoms. The Balaban J connectivity index is 2.58. The van der Waals surface area contributed by atoms with Crippen LogP contribution in [0.2, 0.25) is 5.02 Å². The molecule has 28 heavy (non-hydrogen) atoms. The number of allylic oxidation sites excluding steroid dienone is 1. The SMILES string of the molecule is C=C(C)Cc1c(C)nc(-c2ccc(C)c(Cl)c2)nc1OP(=S)(OCC)OCC. The van der Waals surface area contributed by atoms with Crippen molar-refractivity contribution >= 4 is 30.1 Å². The Labute approximate surface area is 177 Å². The first-order chi connectivity index (χ1) is 13.2. The summed E-state index contributed by atoms with van der Waals surface area (Å²) in [6.07, 6.45) is 0.573. The smallest absolute Gasteiger partial charge is 0.381 e. The summed E-state index contributed by atoms with van der Waals surface area (Å²) >= 11 is 11.8. The quantitative estimate of drug-likeness (QED) is 0.341. The molecule has 0 aliphatic rings. The van der Waals surface area contributed by atoms with E-state index in [0.29, 0.717) is 36.4 Å². The standard InChI is InChI=1S/C20H26ClN2O3PS/c1-7-24-27(28,25-8-2)26-20-17(11-13(3)4)15(6)22-19(23-20)16-10-9-14(5)18(21)12-16/h9-10,12H,3,7-8,11H2,1-2,4-6H3. The van der Waals surface area contributed by atoms with Gasteiger partial charge in [0.05, 0.1) is 13.2 Å². The summed E-state index contributed by atoms with van der Waals surface area (Å²) < 4.78 is 17.3. The number of nitrogens with zero attached hydrogens (tertiary/aromatic N) is 2. The number of benzene rings is 1. The van der Waals surface area contributed by atoms with Crippen LogP contribution >= 0.6 is 18.3 Å². The Morgan fingerprint density at radius 1 is 1.18 bits per heavy atom. The van der Waals surface area contributed by atoms with E-state index in [2.05, 4.69) is 16.5 Å². The van der Waals surface area contributed by atoms with Gasteiger partial charge in [-0.15, -0.1) is 0 Å². The van der Waals surface area contributed by atoms with Crippen LogP contribution in [0.15, 0.2) is 30.4 Å². The molecule has 0 radical (unpaired) electrons. The number of hydrogen-bond donors (Lipinski definition) is 0. The van der Waals surface area contributed by atoms with Gasteiger partial charge in [0.2, 0.25) is 5.88 Å². The minimum absolute atomic E-state index is 0.368. The first-order valence-corrected chi connectivity index (χ1v) is 12.0. The van der Waals surface area contributed by atoms with Crippen molar-refractivity contribution in [2.45, 2.75) is 41.0 Å². The molecule has 1 aromatic heterocycles. The molecule has 5 nitrogen and oxygen atoms in total. The van der Waals surface area contributed by atoms with Crippen LogP contribution in [0.5, 0.6) is 5.88 Å². The molecule has 0 aliphatic carbocycles. The Kier molecular flexibility index (Phi) is 8.17. The average Bonchev–Trinajstić information content (AvgIpc) is 2.60. The lowest BCUT2D eigenvalue weighted by atomic mass is 10.1. The highest BCUT2D eigenvalue weighted by atomic mass is 35.5. The zero-order valence-corrected chi connectivity index (χ0v) is 19.4. The normalized spacial score (nSPS) is 11.5. The maximum Gasteiger partial charge on any atom is 0.381 e. The molecule has 0 bridgehead atoms. The maximum atomic E-state index is 6.28. The lowest BCUT2D eigenvalue weighted by Crippen LogP contribution is -2.08. The number of aromatic nitrogens is 2. The summed E-state index contributed by atoms with van der Waals surface area (Å²) in [5.74, 6) is 0.877. The maximum absolute atomic E-state index is 6.28. The van der Waals surface area contributed by atoms with E-state index in [9.17, 15) is 0 Å². The van der Waals surface area contributed by atoms with E-state index in [-0.39, 0.29) is 0 Å². The zero-order chi connectivity index (χ0) is 20.9. The van der Waals surface area contributed by atoms with Gasteiger partial charge in [-0.1, -0.05) is 35.9 Å². The van der Waals surface area contributed by atoms with Crippen molar-refractivity contribution < 1.29 is 13.6 Å². The first-order valence-electron chi connectivity index (χ1n) is 9.06. The summed E-state index contributed by atoms with van der Waals surface area (Å²) in [6.45, 7) is 11.3. The fourth-order valence-corrected chi connectivity index (χ4v) is 4.72. The molecule has 0 amide bonds. The predicted molar refractivity (Wildman–Crippen MR) is 119 cm³/mol. The van der Waals surface area contributed by atoms with Gasteiger partial charge >= 0.3 is 6.72 Å². The summed E-state index contributed by atoms with van der Waals surface area (Å²) in [5, 5.41) is 0.654. The highest BCUT2D eigenvalue weighted by molar-refractivity contribution is 8.07. The van der Waals surface area contributed by atoms with Gasteiger partial charge in [-0.3, -0.25) is 9.05 Å². The molecule has 2 rings (SSSR count). The van der Waals surface area contributed by atoms with Crippen molar-refractivity contribution in [1.82, 2.24) is 9.97 Å². The first kappa shape index (κ1) is 23.0. The summed E-state index contributed by atoms with van der Waals surface area (Å²) in [4.78, 5) is 9.30. The minimum atomic E-state index is -2.97. The molecule has 0 saturated heterocycles. The van der Waals surface area contributed by atoms with Gasteiger partial charge in [0.25, 0.3) is 0 Å². The van der Waals surface area contributed by atoms with Crippen molar-refractivity contribution in [3.63, 3.8) is 0 Å². The Bertz CT molecular complexity index is 911. The van der Waals surface area contributed by atoms with Crippen LogP contribution in [0, 0.1) is 13.8 Å². The molecule has 0 atom stereocenters. The van der Waals surface area contributed by atoms with E-state index in [1.54, 1.807) is 0 Å². The van der Waals surface area contributed by atoms with Crippen LogP contribution in [0.25, 0.3) is 11.4 Å². The van der Waals surface area contributed by atoms with Crippen LogP contribution in [-0.4, -0.2) is 23.2 Å². The molecule has 0 N–H and O–H groups in total. The molecule has 1 aromatic carbocycles. The highest BCUT2D eigenvalue weighted by Crippen LogP contribution is 2.50. The van der Waals surface area contributed by atoms with Crippen molar-refractivity contribution in [2.24, 2.45) is 0 Å². The fraction of sp³-hybridized carbons (Fsp3) is 0.400. The second-order valence-electron chi connectivity index (χ2n) is 6.39.